The number of unbranched alkanes of at least 4 members (excludes halogenated alkanes) is 32. The molecule has 0 bridgehead atoms. The zero-order valence-electron chi connectivity index (χ0n) is 70.5. The van der Waals surface area contributed by atoms with Crippen molar-refractivity contribution in [2.75, 3.05) is 0 Å². The maximum Gasteiger partial charge on any atom is 0.192 e. The maximum atomic E-state index is 19.6. The first-order valence-electron chi connectivity index (χ1n) is 44.8. The molecule has 18 atom stereocenters. The second-order valence-electron chi connectivity index (χ2n) is 31.7. The fraction of sp³-hybridized carbons (Fsp3) is 1.00. The van der Waals surface area contributed by atoms with Gasteiger partial charge in [-0.25, -0.2) is 0 Å². The Bertz CT molecular complexity index is 2220. The Morgan fingerprint density at radius 2 is 0.408 bits per heavy atom. The van der Waals surface area contributed by atoms with E-state index in [0.717, 1.165) is 212 Å². The first-order valence-corrected chi connectivity index (χ1v) is 54.5. The van der Waals surface area contributed by atoms with Crippen LogP contribution < -0.4 is 0 Å². The van der Waals surface area contributed by atoms with Crippen molar-refractivity contribution < 1.29 is 38.8 Å². The Morgan fingerprint density at radius 3 is 0.612 bits per heavy atom. The average molecular weight is 1610 g/mol. The van der Waals surface area contributed by atoms with Gasteiger partial charge in [0.1, 0.15) is 0 Å². The summed E-state index contributed by atoms with van der Waals surface area (Å²) in [7, 11) is -20.2. The monoisotopic (exact) mass is 1610 g/mol. The van der Waals surface area contributed by atoms with E-state index in [1.54, 1.807) is 0 Å². The zero-order valence-corrected chi connectivity index (χ0v) is 77.0. The molecule has 18 unspecified atom stereocenters. The predicted octanol–water partition coefficient (Wildman–Crippen LogP) is 25.6. The quantitative estimate of drug-likeness (QED) is 0.0586. The van der Waals surface area contributed by atoms with E-state index in [-0.39, 0.29) is 0 Å². The summed E-state index contributed by atoms with van der Waals surface area (Å²) in [6.45, 7) is 33.9. The van der Waals surface area contributed by atoms with Crippen molar-refractivity contribution in [2.24, 2.45) is 0 Å². The molecule has 1 fully saturated rings. The van der Waals surface area contributed by atoms with E-state index >= 15 is 38.8 Å². The molecule has 103 heavy (non-hydrogen) atoms. The van der Waals surface area contributed by atoms with Gasteiger partial charge in [-0.15, -0.1) is 0 Å². The first kappa shape index (κ1) is 102. The molecule has 0 aromatic carbocycles. The molecule has 17 heteroatoms. The Hall–Kier alpha value is 1.16. The Morgan fingerprint density at radius 1 is 0.233 bits per heavy atom. The minimum Gasteiger partial charge on any atom is -0.374 e. The van der Waals surface area contributed by atoms with E-state index in [2.05, 4.69) is 76.2 Å². The topological polar surface area (TPSA) is 157 Å². The second-order valence-corrected chi connectivity index (χ2v) is 47.6. The summed E-state index contributed by atoms with van der Waals surface area (Å²) in [5.41, 5.74) is 0. The third kappa shape index (κ3) is 29.5. The fourth-order valence-electron chi connectivity index (χ4n) is 17.0. The van der Waals surface area contributed by atoms with Crippen LogP contribution in [-0.4, -0.2) is 103 Å². The molecular weight excluding hydrogens is 1430 g/mol. The highest BCUT2D eigenvalue weighted by Gasteiger charge is 2.92. The van der Waals surface area contributed by atoms with Crippen molar-refractivity contribution in [3.8, 4) is 0 Å². The highest BCUT2D eigenvalue weighted by Crippen LogP contribution is 2.68. The van der Waals surface area contributed by atoms with Crippen molar-refractivity contribution >= 4 is 86.4 Å². The molecule has 0 radical (unpaired) electrons. The van der Waals surface area contributed by atoms with Gasteiger partial charge in [0.15, 0.2) is 17.2 Å². The van der Waals surface area contributed by atoms with Crippen LogP contribution in [0.25, 0.3) is 0 Å². The molecule has 618 valence electrons. The van der Waals surface area contributed by atoms with Gasteiger partial charge < -0.3 is 5.11 Å². The van der Waals surface area contributed by atoms with Gasteiger partial charge in [0.2, 0.25) is 0 Å². The molecule has 0 aliphatic heterocycles. The number of rotatable bonds is 72. The SMILES string of the molecule is CCCCCCCC(CC)S(=O)C1CC(O)(S(=O)C(CC)CCCCCCC)C(S(=O)C(CC)CCCCCCC)(S(=O)C(CC)CCCCCCC)C(S(=O)C(CC)CCCCCCC)(S(=O)C(CC)CCCCCCC)C1(S(=O)C(CC)CCCCCCC)S(=O)C(CC)CCCCCCC. The van der Waals surface area contributed by atoms with Crippen molar-refractivity contribution in [1.29, 1.82) is 0 Å². The molecule has 1 aliphatic carbocycles. The van der Waals surface area contributed by atoms with E-state index in [1.807, 2.05) is 34.6 Å². The molecule has 0 saturated heterocycles. The summed E-state index contributed by atoms with van der Waals surface area (Å²) in [5.74, 6) is 0. The summed E-state index contributed by atoms with van der Waals surface area (Å²) in [6.07, 6.45) is 42.2. The Labute approximate surface area is 661 Å². The van der Waals surface area contributed by atoms with Gasteiger partial charge in [0.05, 0.1) is 16.0 Å². The number of aliphatic hydroxyl groups is 1. The van der Waals surface area contributed by atoms with Gasteiger partial charge in [-0.1, -0.05) is 368 Å². The third-order valence-electron chi connectivity index (χ3n) is 23.8. The minimum atomic E-state index is -2.86. The first-order chi connectivity index (χ1) is 49.8. The van der Waals surface area contributed by atoms with E-state index in [0.29, 0.717) is 148 Å². The second kappa shape index (κ2) is 60.7. The number of hydrogen-bond acceptors (Lipinski definition) is 9. The summed E-state index contributed by atoms with van der Waals surface area (Å²) in [5, 5.41) is 8.71. The summed E-state index contributed by atoms with van der Waals surface area (Å²) in [4.78, 5) is -2.86. The standard InChI is InChI=1S/C86H172O9S8/c1-17-33-41-49-57-65-74(25-9)96(88)82-73-83(87,97(89)75(26-10)66-58-50-42-34-18-2)85(100(92)78(29-13)69-61-53-45-37-21-5,101(93)79(30-14)70-62-54-46-38-22-6)86(102(94)80(31-15)71-63-55-47-39-23-7,103(95)81(32-16)72-64-56-48-40-24-8)84(82,98(90)76(27-11)67-59-51-43-35-19-3)99(91)77(28-12)68-60-52-44-36-20-4/h74-82,87H,17-73H2,1-16H3. The summed E-state index contributed by atoms with van der Waals surface area (Å²) in [6, 6.07) is 0. The minimum absolute atomic E-state index is 0.296. The predicted molar refractivity (Wildman–Crippen MR) is 466 cm³/mol. The van der Waals surface area contributed by atoms with Gasteiger partial charge in [-0.05, 0) is 103 Å². The largest absolute Gasteiger partial charge is 0.374 e. The van der Waals surface area contributed by atoms with Crippen molar-refractivity contribution in [3.05, 3.63) is 0 Å². The molecule has 0 spiro atoms. The Balaban J connectivity index is 6.35. The van der Waals surface area contributed by atoms with E-state index in [1.165, 1.54) is 0 Å². The average Bonchev–Trinajstić information content (AvgIpc) is 0.636. The molecule has 1 rings (SSSR count). The summed E-state index contributed by atoms with van der Waals surface area (Å²) >= 11 is 0. The summed E-state index contributed by atoms with van der Waals surface area (Å²) < 4.78 is 145. The lowest BCUT2D eigenvalue weighted by molar-refractivity contribution is 0.0740. The lowest BCUT2D eigenvalue weighted by Crippen LogP contribution is -2.92. The van der Waals surface area contributed by atoms with Crippen LogP contribution in [-0.2, 0) is 86.4 Å². The lowest BCUT2D eigenvalue weighted by atomic mass is 9.92. The van der Waals surface area contributed by atoms with Crippen LogP contribution in [0.15, 0.2) is 0 Å². The van der Waals surface area contributed by atoms with E-state index < -0.39 is 157 Å². The Kier molecular flexibility index (Phi) is 60.2. The molecule has 0 amide bonds. The molecule has 0 aromatic heterocycles. The maximum absolute atomic E-state index is 19.6. The van der Waals surface area contributed by atoms with Crippen molar-refractivity contribution in [1.82, 2.24) is 0 Å². The van der Waals surface area contributed by atoms with Crippen molar-refractivity contribution in [2.45, 2.75) is 541 Å². The van der Waals surface area contributed by atoms with Gasteiger partial charge >= 0.3 is 0 Å². The normalized spacial score (nSPS) is 24.3. The highest BCUT2D eigenvalue weighted by molar-refractivity contribution is 8.17. The van der Waals surface area contributed by atoms with Crippen LogP contribution in [0.5, 0.6) is 0 Å². The van der Waals surface area contributed by atoms with Gasteiger partial charge in [-0.2, -0.15) is 0 Å². The van der Waals surface area contributed by atoms with Crippen LogP contribution in [0.4, 0.5) is 0 Å². The van der Waals surface area contributed by atoms with Crippen LogP contribution in [0.1, 0.15) is 477 Å². The van der Waals surface area contributed by atoms with E-state index in [9.17, 15) is 0 Å². The highest BCUT2D eigenvalue weighted by atomic mass is 32.3. The molecule has 0 aromatic rings. The van der Waals surface area contributed by atoms with Crippen LogP contribution in [0.2, 0.25) is 0 Å². The van der Waals surface area contributed by atoms with Crippen LogP contribution in [0.3, 0.4) is 0 Å². The zero-order chi connectivity index (χ0) is 77.1. The molecule has 0 heterocycles. The van der Waals surface area contributed by atoms with Gasteiger partial charge in [0.25, 0.3) is 0 Å². The fourth-order valence-corrected chi connectivity index (χ4v) is 44.0. The molecule has 1 aliphatic rings. The molecular formula is C86H172O9S8. The lowest BCUT2D eigenvalue weighted by Gasteiger charge is -2.68. The number of hydrogen-bond donors (Lipinski definition) is 1. The molecule has 1 N–H and O–H groups in total. The van der Waals surface area contributed by atoms with Gasteiger partial charge in [0, 0.05) is 124 Å². The third-order valence-corrected chi connectivity index (χ3v) is 47.2. The van der Waals surface area contributed by atoms with Gasteiger partial charge in [-0.3, -0.25) is 33.7 Å². The molecule has 1 saturated carbocycles. The van der Waals surface area contributed by atoms with E-state index in [4.69, 9.17) is 0 Å². The van der Waals surface area contributed by atoms with Crippen molar-refractivity contribution in [3.63, 3.8) is 0 Å². The van der Waals surface area contributed by atoms with Crippen LogP contribution in [0, 0.1) is 0 Å². The smallest absolute Gasteiger partial charge is 0.192 e. The molecule has 9 nitrogen and oxygen atoms in total. The van der Waals surface area contributed by atoms with Crippen LogP contribution >= 0.6 is 0 Å².